The highest BCUT2D eigenvalue weighted by Gasteiger charge is 2.15. The number of benzene rings is 1. The molecule has 1 N–H and O–H groups in total. The standard InChI is InChI=1S/C15H16FN3O/c1-3-17-14-6-4-5-13(18-14)15(20)19(2)12-9-7-11(16)8-10-12/h4-10H,3H2,1-2H3,(H,17,18). The zero-order valence-corrected chi connectivity index (χ0v) is 11.4. The first kappa shape index (κ1) is 14.0. The summed E-state index contributed by atoms with van der Waals surface area (Å²) in [5.74, 6) is 0.0871. The summed E-state index contributed by atoms with van der Waals surface area (Å²) in [4.78, 5) is 18.0. The Kier molecular flexibility index (Phi) is 4.30. The second kappa shape index (κ2) is 6.14. The first-order chi connectivity index (χ1) is 9.61. The van der Waals surface area contributed by atoms with Crippen LogP contribution in [0, 0.1) is 5.82 Å². The molecular weight excluding hydrogens is 257 g/mol. The van der Waals surface area contributed by atoms with Crippen LogP contribution in [0.2, 0.25) is 0 Å². The zero-order chi connectivity index (χ0) is 14.5. The van der Waals surface area contributed by atoms with Gasteiger partial charge in [-0.3, -0.25) is 4.79 Å². The lowest BCUT2D eigenvalue weighted by molar-refractivity contribution is 0.0988. The molecule has 0 aliphatic heterocycles. The SMILES string of the molecule is CCNc1cccc(C(=O)N(C)c2ccc(F)cc2)n1. The average molecular weight is 273 g/mol. The maximum atomic E-state index is 12.9. The summed E-state index contributed by atoms with van der Waals surface area (Å²) in [6, 6.07) is 11.0. The van der Waals surface area contributed by atoms with Crippen LogP contribution in [0.1, 0.15) is 17.4 Å². The van der Waals surface area contributed by atoms with Crippen molar-refractivity contribution in [2.75, 3.05) is 23.8 Å². The topological polar surface area (TPSA) is 45.2 Å². The van der Waals surface area contributed by atoms with Gasteiger partial charge >= 0.3 is 0 Å². The third-order valence-electron chi connectivity index (χ3n) is 2.84. The van der Waals surface area contributed by atoms with Crippen molar-refractivity contribution in [3.8, 4) is 0 Å². The molecule has 5 heteroatoms. The van der Waals surface area contributed by atoms with Crippen molar-refractivity contribution >= 4 is 17.4 Å². The summed E-state index contributed by atoms with van der Waals surface area (Å²) in [7, 11) is 1.64. The molecule has 1 heterocycles. The Morgan fingerprint density at radius 1 is 1.25 bits per heavy atom. The Labute approximate surface area is 117 Å². The molecule has 0 bridgehead atoms. The van der Waals surface area contributed by atoms with Crippen molar-refractivity contribution in [1.29, 1.82) is 0 Å². The molecule has 1 aromatic carbocycles. The van der Waals surface area contributed by atoms with Crippen LogP contribution in [0.25, 0.3) is 0 Å². The van der Waals surface area contributed by atoms with Gasteiger partial charge in [0.05, 0.1) is 0 Å². The van der Waals surface area contributed by atoms with Gasteiger partial charge in [-0.1, -0.05) is 6.07 Å². The number of aromatic nitrogens is 1. The molecule has 1 aromatic heterocycles. The molecule has 0 spiro atoms. The first-order valence-electron chi connectivity index (χ1n) is 6.36. The summed E-state index contributed by atoms with van der Waals surface area (Å²) in [5, 5.41) is 3.06. The van der Waals surface area contributed by atoms with Gasteiger partial charge in [0.2, 0.25) is 0 Å². The highest BCUT2D eigenvalue weighted by atomic mass is 19.1. The first-order valence-corrected chi connectivity index (χ1v) is 6.36. The monoisotopic (exact) mass is 273 g/mol. The Hall–Kier alpha value is -2.43. The molecule has 1 amide bonds. The predicted molar refractivity (Wildman–Crippen MR) is 77.5 cm³/mol. The van der Waals surface area contributed by atoms with E-state index >= 15 is 0 Å². The van der Waals surface area contributed by atoms with E-state index in [0.717, 1.165) is 6.54 Å². The lowest BCUT2D eigenvalue weighted by Crippen LogP contribution is -2.27. The minimum absolute atomic E-state index is 0.239. The molecule has 0 fully saturated rings. The van der Waals surface area contributed by atoms with Gasteiger partial charge in [0.15, 0.2) is 0 Å². The van der Waals surface area contributed by atoms with Gasteiger partial charge in [-0.05, 0) is 43.3 Å². The molecule has 0 unspecified atom stereocenters. The Morgan fingerprint density at radius 3 is 2.60 bits per heavy atom. The number of carbonyl (C=O) groups excluding carboxylic acids is 1. The highest BCUT2D eigenvalue weighted by molar-refractivity contribution is 6.04. The Morgan fingerprint density at radius 2 is 1.95 bits per heavy atom. The maximum absolute atomic E-state index is 12.9. The number of amides is 1. The van der Waals surface area contributed by atoms with Gasteiger partial charge in [0.25, 0.3) is 5.91 Å². The molecule has 0 aliphatic rings. The third kappa shape index (κ3) is 3.12. The lowest BCUT2D eigenvalue weighted by Gasteiger charge is -2.17. The van der Waals surface area contributed by atoms with Crippen molar-refractivity contribution < 1.29 is 9.18 Å². The van der Waals surface area contributed by atoms with E-state index in [4.69, 9.17) is 0 Å². The van der Waals surface area contributed by atoms with Crippen LogP contribution in [0.3, 0.4) is 0 Å². The van der Waals surface area contributed by atoms with E-state index in [9.17, 15) is 9.18 Å². The summed E-state index contributed by atoms with van der Waals surface area (Å²) in [5.41, 5.74) is 0.960. The van der Waals surface area contributed by atoms with Crippen LogP contribution in [-0.4, -0.2) is 24.5 Å². The van der Waals surface area contributed by atoms with Crippen LogP contribution >= 0.6 is 0 Å². The second-order valence-corrected chi connectivity index (χ2v) is 4.28. The zero-order valence-electron chi connectivity index (χ0n) is 11.4. The largest absolute Gasteiger partial charge is 0.370 e. The number of anilines is 2. The summed E-state index contributed by atoms with van der Waals surface area (Å²) in [6.45, 7) is 2.69. The number of nitrogens with zero attached hydrogens (tertiary/aromatic N) is 2. The number of pyridine rings is 1. The van der Waals surface area contributed by atoms with E-state index in [2.05, 4.69) is 10.3 Å². The van der Waals surface area contributed by atoms with E-state index in [1.807, 2.05) is 6.92 Å². The minimum atomic E-state index is -0.332. The number of carbonyl (C=O) groups is 1. The summed E-state index contributed by atoms with van der Waals surface area (Å²) < 4.78 is 12.9. The molecular formula is C15H16FN3O. The minimum Gasteiger partial charge on any atom is -0.370 e. The van der Waals surface area contributed by atoms with E-state index in [-0.39, 0.29) is 11.7 Å². The van der Waals surface area contributed by atoms with Gasteiger partial charge < -0.3 is 10.2 Å². The molecule has 20 heavy (non-hydrogen) atoms. The van der Waals surface area contributed by atoms with Gasteiger partial charge in [0.1, 0.15) is 17.3 Å². The molecule has 0 radical (unpaired) electrons. The fourth-order valence-corrected chi connectivity index (χ4v) is 1.79. The molecule has 104 valence electrons. The van der Waals surface area contributed by atoms with Gasteiger partial charge in [0, 0.05) is 19.3 Å². The van der Waals surface area contributed by atoms with Crippen LogP contribution in [-0.2, 0) is 0 Å². The van der Waals surface area contributed by atoms with Gasteiger partial charge in [-0.15, -0.1) is 0 Å². The van der Waals surface area contributed by atoms with Gasteiger partial charge in [-0.25, -0.2) is 9.37 Å². The van der Waals surface area contributed by atoms with E-state index in [0.29, 0.717) is 17.2 Å². The van der Waals surface area contributed by atoms with Crippen LogP contribution < -0.4 is 10.2 Å². The van der Waals surface area contributed by atoms with Crippen LogP contribution in [0.4, 0.5) is 15.9 Å². The molecule has 0 aliphatic carbocycles. The second-order valence-electron chi connectivity index (χ2n) is 4.28. The van der Waals surface area contributed by atoms with Gasteiger partial charge in [-0.2, -0.15) is 0 Å². The van der Waals surface area contributed by atoms with Crippen LogP contribution in [0.5, 0.6) is 0 Å². The van der Waals surface area contributed by atoms with Crippen molar-refractivity contribution in [2.45, 2.75) is 6.92 Å². The fraction of sp³-hybridized carbons (Fsp3) is 0.200. The summed E-state index contributed by atoms with van der Waals surface area (Å²) in [6.07, 6.45) is 0. The van der Waals surface area contributed by atoms with E-state index in [1.165, 1.54) is 17.0 Å². The Bertz CT molecular complexity index is 598. The average Bonchev–Trinajstić information content (AvgIpc) is 2.47. The highest BCUT2D eigenvalue weighted by Crippen LogP contribution is 2.16. The van der Waals surface area contributed by atoms with Crippen molar-refractivity contribution in [2.24, 2.45) is 0 Å². The quantitative estimate of drug-likeness (QED) is 0.931. The predicted octanol–water partition coefficient (Wildman–Crippen LogP) is 2.93. The fourth-order valence-electron chi connectivity index (χ4n) is 1.79. The number of halogens is 1. The van der Waals surface area contributed by atoms with Crippen molar-refractivity contribution in [3.63, 3.8) is 0 Å². The molecule has 0 saturated carbocycles. The number of hydrogen-bond acceptors (Lipinski definition) is 3. The van der Waals surface area contributed by atoms with Crippen molar-refractivity contribution in [1.82, 2.24) is 4.98 Å². The molecule has 2 rings (SSSR count). The van der Waals surface area contributed by atoms with E-state index in [1.54, 1.807) is 37.4 Å². The lowest BCUT2D eigenvalue weighted by atomic mass is 10.2. The van der Waals surface area contributed by atoms with Crippen molar-refractivity contribution in [3.05, 3.63) is 54.0 Å². The normalized spacial score (nSPS) is 10.2. The molecule has 2 aromatic rings. The number of hydrogen-bond donors (Lipinski definition) is 1. The molecule has 0 saturated heterocycles. The molecule has 0 atom stereocenters. The van der Waals surface area contributed by atoms with E-state index < -0.39 is 0 Å². The molecule has 4 nitrogen and oxygen atoms in total. The number of rotatable bonds is 4. The summed E-state index contributed by atoms with van der Waals surface area (Å²) >= 11 is 0. The van der Waals surface area contributed by atoms with Crippen LogP contribution in [0.15, 0.2) is 42.5 Å². The third-order valence-corrected chi connectivity index (χ3v) is 2.84. The number of nitrogens with one attached hydrogen (secondary N) is 1. The Balaban J connectivity index is 2.21. The smallest absolute Gasteiger partial charge is 0.276 e. The maximum Gasteiger partial charge on any atom is 0.276 e.